The number of piperazine rings is 1. The minimum absolute atomic E-state index is 0.221. The van der Waals surface area contributed by atoms with Crippen molar-refractivity contribution in [2.45, 2.75) is 31.2 Å². The Hall–Kier alpha value is -3.49. The maximum atomic E-state index is 13.5. The van der Waals surface area contributed by atoms with Crippen molar-refractivity contribution in [3.05, 3.63) is 53.9 Å². The monoisotopic (exact) mass is 434 g/mol. The molecule has 1 unspecified atom stereocenters. The van der Waals surface area contributed by atoms with Crippen molar-refractivity contribution >= 4 is 23.8 Å². The van der Waals surface area contributed by atoms with Gasteiger partial charge >= 0.3 is 6.03 Å². The molecule has 1 aliphatic carbocycles. The van der Waals surface area contributed by atoms with Crippen molar-refractivity contribution in [2.24, 2.45) is 0 Å². The van der Waals surface area contributed by atoms with Crippen molar-refractivity contribution in [2.75, 3.05) is 37.6 Å². The summed E-state index contributed by atoms with van der Waals surface area (Å²) in [5.74, 6) is 0.102. The number of carbonyl (C=O) groups excluding carboxylic acids is 3. The van der Waals surface area contributed by atoms with E-state index in [9.17, 15) is 14.4 Å². The van der Waals surface area contributed by atoms with Gasteiger partial charge in [-0.15, -0.1) is 0 Å². The fourth-order valence-corrected chi connectivity index (χ4v) is 4.96. The van der Waals surface area contributed by atoms with Gasteiger partial charge in [0.05, 0.1) is 0 Å². The number of fused-ring (bicyclic) bond motifs is 2. The van der Waals surface area contributed by atoms with E-state index in [-0.39, 0.29) is 18.4 Å². The summed E-state index contributed by atoms with van der Waals surface area (Å²) in [7, 11) is 0. The standard InChI is InChI=1S/C23H26N6O3/c30-19(27-12-14-28(15-13-27)21-24-10-5-11-25-21)16-29-20(31)23(26-22(29)32)9-4-3-7-17-6-1-2-8-18(17)23/h1-2,5-6,8,10-11H,3-4,7,9,12-16H2,(H,26,32). The Balaban J connectivity index is 1.28. The highest BCUT2D eigenvalue weighted by atomic mass is 16.2. The van der Waals surface area contributed by atoms with Crippen molar-refractivity contribution in [3.8, 4) is 0 Å². The second-order valence-corrected chi connectivity index (χ2v) is 8.51. The number of anilines is 1. The zero-order valence-corrected chi connectivity index (χ0v) is 17.9. The molecule has 2 aromatic rings. The Bertz CT molecular complexity index is 1040. The van der Waals surface area contributed by atoms with Crippen molar-refractivity contribution in [3.63, 3.8) is 0 Å². The van der Waals surface area contributed by atoms with Gasteiger partial charge in [-0.1, -0.05) is 24.3 Å². The zero-order chi connectivity index (χ0) is 22.1. The highest BCUT2D eigenvalue weighted by Gasteiger charge is 2.53. The Morgan fingerprint density at radius 1 is 1.00 bits per heavy atom. The minimum atomic E-state index is -1.06. The van der Waals surface area contributed by atoms with E-state index in [4.69, 9.17) is 0 Å². The number of carbonyl (C=O) groups is 3. The van der Waals surface area contributed by atoms with Crippen LogP contribution in [0, 0.1) is 0 Å². The topological polar surface area (TPSA) is 98.7 Å². The zero-order valence-electron chi connectivity index (χ0n) is 17.9. The lowest BCUT2D eigenvalue weighted by Crippen LogP contribution is -2.52. The molecule has 2 saturated heterocycles. The van der Waals surface area contributed by atoms with Gasteiger partial charge in [0.1, 0.15) is 12.1 Å². The molecule has 32 heavy (non-hydrogen) atoms. The molecule has 166 valence electrons. The van der Waals surface area contributed by atoms with Gasteiger partial charge in [0.15, 0.2) is 0 Å². The van der Waals surface area contributed by atoms with Crippen LogP contribution < -0.4 is 10.2 Å². The first kappa shape index (κ1) is 20.4. The van der Waals surface area contributed by atoms with E-state index < -0.39 is 11.6 Å². The lowest BCUT2D eigenvalue weighted by molar-refractivity contribution is -0.139. The number of imide groups is 1. The SMILES string of the molecule is O=C(CN1C(=O)NC2(CCCCc3ccccc32)C1=O)N1CCN(c2ncccn2)CC1. The molecule has 1 atom stereocenters. The molecule has 1 N–H and O–H groups in total. The molecule has 3 heterocycles. The molecule has 0 bridgehead atoms. The van der Waals surface area contributed by atoms with Crippen molar-refractivity contribution in [1.29, 1.82) is 0 Å². The summed E-state index contributed by atoms with van der Waals surface area (Å²) in [6.07, 6.45) is 6.63. The van der Waals surface area contributed by atoms with E-state index in [1.807, 2.05) is 29.2 Å². The second kappa shape index (κ2) is 8.22. The van der Waals surface area contributed by atoms with E-state index in [2.05, 4.69) is 15.3 Å². The Morgan fingerprint density at radius 3 is 2.53 bits per heavy atom. The number of nitrogens with one attached hydrogen (secondary N) is 1. The predicted octanol–water partition coefficient (Wildman–Crippen LogP) is 1.30. The van der Waals surface area contributed by atoms with E-state index in [0.29, 0.717) is 38.5 Å². The van der Waals surface area contributed by atoms with Crippen LogP contribution in [0.2, 0.25) is 0 Å². The molecule has 0 saturated carbocycles. The maximum Gasteiger partial charge on any atom is 0.325 e. The number of urea groups is 1. The first-order chi connectivity index (χ1) is 15.6. The number of aromatic nitrogens is 2. The Kier molecular flexibility index (Phi) is 5.24. The fraction of sp³-hybridized carbons (Fsp3) is 0.435. The number of amides is 4. The highest BCUT2D eigenvalue weighted by Crippen LogP contribution is 2.38. The molecule has 9 nitrogen and oxygen atoms in total. The number of benzene rings is 1. The molecule has 2 aliphatic heterocycles. The van der Waals surface area contributed by atoms with Crippen LogP contribution in [0.1, 0.15) is 30.4 Å². The average molecular weight is 435 g/mol. The summed E-state index contributed by atoms with van der Waals surface area (Å²) in [6.45, 7) is 1.96. The van der Waals surface area contributed by atoms with Gasteiger partial charge in [0, 0.05) is 38.6 Å². The third kappa shape index (κ3) is 3.47. The summed E-state index contributed by atoms with van der Waals surface area (Å²) in [6, 6.07) is 9.08. The molecule has 4 amide bonds. The predicted molar refractivity (Wildman–Crippen MR) is 117 cm³/mol. The molecular formula is C23H26N6O3. The molecule has 9 heteroatoms. The molecular weight excluding hydrogens is 408 g/mol. The van der Waals surface area contributed by atoms with Crippen LogP contribution in [-0.2, 0) is 21.5 Å². The van der Waals surface area contributed by atoms with Crippen LogP contribution >= 0.6 is 0 Å². The van der Waals surface area contributed by atoms with Crippen molar-refractivity contribution in [1.82, 2.24) is 25.1 Å². The fourth-order valence-electron chi connectivity index (χ4n) is 4.96. The van der Waals surface area contributed by atoms with Crippen LogP contribution in [-0.4, -0.2) is 70.3 Å². The van der Waals surface area contributed by atoms with Crippen LogP contribution in [0.15, 0.2) is 42.7 Å². The number of hydrogen-bond acceptors (Lipinski definition) is 6. The molecule has 1 aromatic heterocycles. The van der Waals surface area contributed by atoms with Gasteiger partial charge in [-0.3, -0.25) is 14.5 Å². The third-order valence-corrected chi connectivity index (χ3v) is 6.66. The molecule has 2 fully saturated rings. The molecule has 0 radical (unpaired) electrons. The first-order valence-corrected chi connectivity index (χ1v) is 11.1. The van der Waals surface area contributed by atoms with Gasteiger partial charge < -0.3 is 15.1 Å². The molecule has 5 rings (SSSR count). The highest BCUT2D eigenvalue weighted by molar-refractivity contribution is 6.09. The Morgan fingerprint density at radius 2 is 1.75 bits per heavy atom. The van der Waals surface area contributed by atoms with Crippen molar-refractivity contribution < 1.29 is 14.4 Å². The van der Waals surface area contributed by atoms with Gasteiger partial charge in [-0.2, -0.15) is 0 Å². The van der Waals surface area contributed by atoms with E-state index >= 15 is 0 Å². The van der Waals surface area contributed by atoms with Crippen LogP contribution in [0.25, 0.3) is 0 Å². The Labute approximate surface area is 186 Å². The van der Waals surface area contributed by atoms with E-state index in [0.717, 1.165) is 35.3 Å². The summed E-state index contributed by atoms with van der Waals surface area (Å²) in [5, 5.41) is 2.94. The van der Waals surface area contributed by atoms with Gasteiger partial charge in [0.2, 0.25) is 11.9 Å². The van der Waals surface area contributed by atoms with Crippen LogP contribution in [0.3, 0.4) is 0 Å². The lowest BCUT2D eigenvalue weighted by Gasteiger charge is -2.35. The first-order valence-electron chi connectivity index (χ1n) is 11.1. The summed E-state index contributed by atoms with van der Waals surface area (Å²) >= 11 is 0. The van der Waals surface area contributed by atoms with Gasteiger partial charge in [-0.05, 0) is 42.9 Å². The number of nitrogens with zero attached hydrogens (tertiary/aromatic N) is 5. The largest absolute Gasteiger partial charge is 0.338 e. The second-order valence-electron chi connectivity index (χ2n) is 8.51. The number of hydrogen-bond donors (Lipinski definition) is 1. The molecule has 1 spiro atoms. The summed E-state index contributed by atoms with van der Waals surface area (Å²) < 4.78 is 0. The molecule has 3 aliphatic rings. The third-order valence-electron chi connectivity index (χ3n) is 6.66. The average Bonchev–Trinajstić information content (AvgIpc) is 2.97. The van der Waals surface area contributed by atoms with Crippen LogP contribution in [0.5, 0.6) is 0 Å². The normalized spacial score (nSPS) is 23.2. The van der Waals surface area contributed by atoms with Crippen LogP contribution in [0.4, 0.5) is 10.7 Å². The quantitative estimate of drug-likeness (QED) is 0.732. The summed E-state index contributed by atoms with van der Waals surface area (Å²) in [5.41, 5.74) is 0.890. The van der Waals surface area contributed by atoms with Gasteiger partial charge in [0.25, 0.3) is 5.91 Å². The number of rotatable bonds is 3. The lowest BCUT2D eigenvalue weighted by atomic mass is 9.84. The number of aryl methyl sites for hydroxylation is 1. The van der Waals surface area contributed by atoms with E-state index in [1.54, 1.807) is 23.4 Å². The minimum Gasteiger partial charge on any atom is -0.338 e. The summed E-state index contributed by atoms with van der Waals surface area (Å²) in [4.78, 5) is 52.6. The van der Waals surface area contributed by atoms with E-state index in [1.165, 1.54) is 0 Å². The molecule has 1 aromatic carbocycles. The smallest absolute Gasteiger partial charge is 0.325 e. The maximum absolute atomic E-state index is 13.5. The van der Waals surface area contributed by atoms with Gasteiger partial charge in [-0.25, -0.2) is 14.8 Å².